The Labute approximate surface area is 94.3 Å². The molecule has 8 heteroatoms. The molecule has 0 radical (unpaired) electrons. The summed E-state index contributed by atoms with van der Waals surface area (Å²) in [5.41, 5.74) is 0. The number of carboxylic acids is 1. The number of likely N-dealkylation sites (N-methyl/N-ethyl adjacent to an activating group) is 1. The van der Waals surface area contributed by atoms with Gasteiger partial charge in [-0.3, -0.25) is 10.1 Å². The predicted octanol–water partition coefficient (Wildman–Crippen LogP) is -6.47. The van der Waals surface area contributed by atoms with Gasteiger partial charge in [-0.15, -0.1) is 0 Å². The van der Waals surface area contributed by atoms with Gasteiger partial charge in [0.05, 0.1) is 21.1 Å². The predicted molar refractivity (Wildman–Crippen MR) is 46.2 cm³/mol. The number of hydrogen-bond donors (Lipinski definition) is 2. The van der Waals surface area contributed by atoms with Crippen LogP contribution in [0.5, 0.6) is 0 Å². The molecule has 15 heavy (non-hydrogen) atoms. The van der Waals surface area contributed by atoms with Gasteiger partial charge in [-0.2, -0.15) is 0 Å². The normalized spacial score (nSPS) is 11.5. The van der Waals surface area contributed by atoms with E-state index in [1.165, 1.54) is 0 Å². The number of hydrogen-bond acceptors (Lipinski definition) is 5. The molecule has 0 amide bonds. The minimum atomic E-state index is -1.20. The molecule has 2 N–H and O–H groups in total. The van der Waals surface area contributed by atoms with E-state index in [1.807, 2.05) is 21.1 Å². The fourth-order valence-electron chi connectivity index (χ4n) is 0.889. The SMILES string of the molecule is C[N+](C)(C)CC(O)CC(=O)[O-].O=[NH+][O-].[Cl-]. The highest BCUT2D eigenvalue weighted by Gasteiger charge is 2.14. The Hall–Kier alpha value is -0.920. The zero-order valence-electron chi connectivity index (χ0n) is 8.90. The maximum atomic E-state index is 10.0. The van der Waals surface area contributed by atoms with Crippen molar-refractivity contribution in [2.45, 2.75) is 12.5 Å². The zero-order chi connectivity index (χ0) is 11.8. The van der Waals surface area contributed by atoms with Crippen molar-refractivity contribution in [3.05, 3.63) is 10.1 Å². The van der Waals surface area contributed by atoms with Crippen molar-refractivity contribution in [1.82, 2.24) is 0 Å². The van der Waals surface area contributed by atoms with Gasteiger partial charge in [-0.05, 0) is 0 Å². The highest BCUT2D eigenvalue weighted by Crippen LogP contribution is 1.97. The van der Waals surface area contributed by atoms with Gasteiger partial charge in [0, 0.05) is 17.7 Å². The Morgan fingerprint density at radius 2 is 1.80 bits per heavy atom. The Morgan fingerprint density at radius 3 is 2.00 bits per heavy atom. The number of carbonyl (C=O) groups excluding carboxylic acids is 1. The number of aliphatic carboxylic acids is 1. The third kappa shape index (κ3) is 24.6. The molecular formula is C7H16ClN2O5-. The molecule has 7 nitrogen and oxygen atoms in total. The second-order valence-electron chi connectivity index (χ2n) is 3.79. The number of carboxylic acid groups (broad SMARTS) is 1. The monoisotopic (exact) mass is 243 g/mol. The summed E-state index contributed by atoms with van der Waals surface area (Å²) in [5, 5.41) is 27.5. The molecule has 0 saturated heterocycles. The Morgan fingerprint density at radius 1 is 1.47 bits per heavy atom. The number of quaternary nitrogens is 1. The molecule has 0 fully saturated rings. The van der Waals surface area contributed by atoms with Crippen LogP contribution in [0, 0.1) is 10.1 Å². The van der Waals surface area contributed by atoms with Crippen LogP contribution in [-0.2, 0) is 4.79 Å². The van der Waals surface area contributed by atoms with Crippen molar-refractivity contribution in [3.63, 3.8) is 0 Å². The topological polar surface area (TPSA) is 114 Å². The maximum Gasteiger partial charge on any atom is 0.108 e. The average Bonchev–Trinajstić information content (AvgIpc) is 1.80. The third-order valence-corrected chi connectivity index (χ3v) is 1.16. The molecule has 0 saturated carbocycles. The van der Waals surface area contributed by atoms with Crippen molar-refractivity contribution in [3.8, 4) is 0 Å². The first-order valence-corrected chi connectivity index (χ1v) is 3.90. The molecule has 0 aliphatic carbocycles. The molecule has 0 bridgehead atoms. The van der Waals surface area contributed by atoms with E-state index in [-0.39, 0.29) is 24.2 Å². The molecule has 92 valence electrons. The minimum absolute atomic E-state index is 0. The summed E-state index contributed by atoms with van der Waals surface area (Å²) in [6, 6.07) is 0. The van der Waals surface area contributed by atoms with Gasteiger partial charge >= 0.3 is 0 Å². The molecule has 0 aromatic carbocycles. The van der Waals surface area contributed by atoms with Gasteiger partial charge in [0.2, 0.25) is 0 Å². The van der Waals surface area contributed by atoms with Crippen LogP contribution in [-0.4, -0.2) is 49.4 Å². The molecule has 0 heterocycles. The van der Waals surface area contributed by atoms with E-state index in [9.17, 15) is 9.90 Å². The van der Waals surface area contributed by atoms with Gasteiger partial charge in [0.15, 0.2) is 0 Å². The molecule has 1 atom stereocenters. The molecule has 0 aromatic rings. The smallest absolute Gasteiger partial charge is 0.108 e. The molecule has 0 rings (SSSR count). The fourth-order valence-corrected chi connectivity index (χ4v) is 0.889. The first-order chi connectivity index (χ1) is 6.22. The summed E-state index contributed by atoms with van der Waals surface area (Å²) in [7, 11) is 5.66. The van der Waals surface area contributed by atoms with Crippen LogP contribution in [0.4, 0.5) is 0 Å². The number of aliphatic hydroxyl groups excluding tert-OH is 1. The number of rotatable bonds is 4. The van der Waals surface area contributed by atoms with E-state index in [0.717, 1.165) is 0 Å². The highest BCUT2D eigenvalue weighted by atomic mass is 35.5. The van der Waals surface area contributed by atoms with E-state index in [0.29, 0.717) is 11.0 Å². The number of nitrogens with one attached hydrogen (secondary N) is 1. The van der Waals surface area contributed by atoms with Crippen LogP contribution < -0.4 is 22.9 Å². The molecule has 0 spiro atoms. The first-order valence-electron chi connectivity index (χ1n) is 3.90. The lowest BCUT2D eigenvalue weighted by Gasteiger charge is -2.26. The second-order valence-corrected chi connectivity index (χ2v) is 3.79. The third-order valence-electron chi connectivity index (χ3n) is 1.16. The first kappa shape index (κ1) is 19.6. The van der Waals surface area contributed by atoms with Gasteiger partial charge in [-0.1, -0.05) is 0 Å². The van der Waals surface area contributed by atoms with E-state index in [2.05, 4.69) is 0 Å². The quantitative estimate of drug-likeness (QED) is 0.290. The second kappa shape index (κ2) is 9.63. The summed E-state index contributed by atoms with van der Waals surface area (Å²) in [4.78, 5) is 18.1. The van der Waals surface area contributed by atoms with E-state index >= 15 is 0 Å². The zero-order valence-corrected chi connectivity index (χ0v) is 9.65. The van der Waals surface area contributed by atoms with Crippen molar-refractivity contribution in [1.29, 1.82) is 0 Å². The Bertz CT molecular complexity index is 183. The lowest BCUT2D eigenvalue weighted by molar-refractivity contribution is -0.873. The lowest BCUT2D eigenvalue weighted by Crippen LogP contribution is -3.00. The average molecular weight is 244 g/mol. The highest BCUT2D eigenvalue weighted by molar-refractivity contribution is 5.64. The van der Waals surface area contributed by atoms with E-state index in [4.69, 9.17) is 15.2 Å². The number of halogens is 1. The van der Waals surface area contributed by atoms with Gasteiger partial charge in [0.25, 0.3) is 0 Å². The Balaban J connectivity index is -0.000000320. The van der Waals surface area contributed by atoms with Crippen molar-refractivity contribution in [2.75, 3.05) is 27.7 Å². The molecule has 0 aliphatic rings. The standard InChI is InChI=1S/C7H15NO3.ClH.HNO2/c1-8(2,3)5-6(9)4-7(10)11;;2-1-3/h6,9H,4-5H2,1-3H3;1H;1H/p-1. The summed E-state index contributed by atoms with van der Waals surface area (Å²) in [6.45, 7) is 0.425. The summed E-state index contributed by atoms with van der Waals surface area (Å²) >= 11 is 0. The summed E-state index contributed by atoms with van der Waals surface area (Å²) in [5.74, 6) is -1.20. The largest absolute Gasteiger partial charge is 1.00 e. The lowest BCUT2D eigenvalue weighted by atomic mass is 10.2. The van der Waals surface area contributed by atoms with Gasteiger partial charge in [0.1, 0.15) is 12.6 Å². The van der Waals surface area contributed by atoms with Gasteiger partial charge < -0.3 is 31.9 Å². The van der Waals surface area contributed by atoms with Crippen molar-refractivity contribution >= 4 is 5.97 Å². The summed E-state index contributed by atoms with van der Waals surface area (Å²) in [6.07, 6.45) is -1.09. The number of nitrogens with zero attached hydrogens (tertiary/aromatic N) is 1. The maximum absolute atomic E-state index is 10.0. The van der Waals surface area contributed by atoms with E-state index < -0.39 is 12.1 Å². The minimum Gasteiger partial charge on any atom is -1.00 e. The van der Waals surface area contributed by atoms with Crippen LogP contribution in [0.1, 0.15) is 6.42 Å². The Kier molecular flexibility index (Phi) is 12.6. The van der Waals surface area contributed by atoms with Crippen LogP contribution in [0.2, 0.25) is 0 Å². The van der Waals surface area contributed by atoms with Crippen molar-refractivity contribution in [2.24, 2.45) is 0 Å². The summed E-state index contributed by atoms with van der Waals surface area (Å²) < 4.78 is 0.550. The number of aliphatic hydroxyl groups is 1. The van der Waals surface area contributed by atoms with Crippen LogP contribution in [0.25, 0.3) is 0 Å². The van der Waals surface area contributed by atoms with Gasteiger partial charge in [-0.25, -0.2) is 0 Å². The van der Waals surface area contributed by atoms with Crippen molar-refractivity contribution < 1.29 is 37.2 Å². The molecule has 0 aromatic heterocycles. The van der Waals surface area contributed by atoms with Crippen LogP contribution in [0.3, 0.4) is 0 Å². The van der Waals surface area contributed by atoms with Crippen LogP contribution in [0.15, 0.2) is 0 Å². The molecular weight excluding hydrogens is 228 g/mol. The van der Waals surface area contributed by atoms with Crippen LogP contribution >= 0.6 is 0 Å². The number of carbonyl (C=O) groups is 1. The molecule has 1 unspecified atom stereocenters. The fraction of sp³-hybridized carbons (Fsp3) is 0.857. The van der Waals surface area contributed by atoms with E-state index in [1.54, 1.807) is 0 Å². The molecule has 0 aliphatic heterocycles.